The molecular weight excluding hydrogens is 403 g/mol. The molecule has 0 aromatic heterocycles. The topological polar surface area (TPSA) is 199 Å². The number of hydrogen-bond acceptors (Lipinski definition) is 11. The monoisotopic (exact) mass is 410 g/mol. The van der Waals surface area contributed by atoms with E-state index in [1.807, 2.05) is 0 Å². The second-order valence-electron chi connectivity index (χ2n) is 1.20. The normalized spacial score (nSPS) is 15.6. The third kappa shape index (κ3) is 46.6. The first-order valence-electron chi connectivity index (χ1n) is 2.90. The SMILES string of the molecule is CO.O=[PH]([O-])O[PH](=O)[O-].O=[PH]([O-])O[PH](=O)[O-].[Zr+4]. The van der Waals surface area contributed by atoms with Crippen molar-refractivity contribution in [2.45, 2.75) is 0 Å². The van der Waals surface area contributed by atoms with Gasteiger partial charge in [-0.1, -0.05) is 0 Å². The van der Waals surface area contributed by atoms with Crippen LogP contribution in [0.3, 0.4) is 0 Å². The smallest absolute Gasteiger partial charge is 0.781 e. The number of rotatable bonds is 4. The van der Waals surface area contributed by atoms with E-state index in [2.05, 4.69) is 8.62 Å². The van der Waals surface area contributed by atoms with E-state index in [4.69, 9.17) is 5.11 Å². The molecule has 0 spiro atoms. The zero-order valence-electron chi connectivity index (χ0n) is 8.03. The first kappa shape index (κ1) is 27.0. The molecule has 0 heterocycles. The van der Waals surface area contributed by atoms with Crippen LogP contribution in [0, 0.1) is 0 Å². The molecular formula is CH8O11P4Zr. The molecule has 102 valence electrons. The first-order valence-corrected chi connectivity index (χ1v) is 7.80. The minimum absolute atomic E-state index is 0. The summed E-state index contributed by atoms with van der Waals surface area (Å²) < 4.78 is 43.6. The summed E-state index contributed by atoms with van der Waals surface area (Å²) in [6.07, 6.45) is 0. The molecule has 0 fully saturated rings. The average molecular weight is 411 g/mol. The second-order valence-corrected chi connectivity index (χ2v) is 4.84. The molecule has 0 amide bonds. The Morgan fingerprint density at radius 3 is 0.824 bits per heavy atom. The van der Waals surface area contributed by atoms with Crippen molar-refractivity contribution in [1.82, 2.24) is 0 Å². The van der Waals surface area contributed by atoms with Gasteiger partial charge in [0.05, 0.1) is 0 Å². The predicted molar refractivity (Wildman–Crippen MR) is 46.3 cm³/mol. The van der Waals surface area contributed by atoms with Gasteiger partial charge in [-0.15, -0.1) is 0 Å². The van der Waals surface area contributed by atoms with Gasteiger partial charge in [-0.25, -0.2) is 0 Å². The van der Waals surface area contributed by atoms with Crippen LogP contribution in [0.15, 0.2) is 0 Å². The fourth-order valence-electron chi connectivity index (χ4n) is 0.136. The van der Waals surface area contributed by atoms with Crippen LogP contribution in [0.2, 0.25) is 0 Å². The molecule has 0 saturated heterocycles. The second kappa shape index (κ2) is 19.9. The van der Waals surface area contributed by atoms with Crippen LogP contribution in [0.4, 0.5) is 0 Å². The van der Waals surface area contributed by atoms with Crippen molar-refractivity contribution in [3.05, 3.63) is 0 Å². The minimum atomic E-state index is -3.51. The molecule has 16 heteroatoms. The minimum Gasteiger partial charge on any atom is -0.781 e. The third-order valence-corrected chi connectivity index (χ3v) is 3.00. The summed E-state index contributed by atoms with van der Waals surface area (Å²) in [5, 5.41) is 7.00. The van der Waals surface area contributed by atoms with Crippen molar-refractivity contribution in [2.24, 2.45) is 0 Å². The summed E-state index contributed by atoms with van der Waals surface area (Å²) in [5.41, 5.74) is 0. The quantitative estimate of drug-likeness (QED) is 0.452. The fourth-order valence-corrected chi connectivity index (χ4v) is 1.22. The predicted octanol–water partition coefficient (Wildman–Crippen LogP) is -3.39. The van der Waals surface area contributed by atoms with Crippen molar-refractivity contribution < 1.29 is 77.8 Å². The molecule has 0 aromatic carbocycles. The van der Waals surface area contributed by atoms with Crippen LogP contribution < -0.4 is 19.6 Å². The number of aliphatic hydroxyl groups excluding tert-OH is 1. The molecule has 11 nitrogen and oxygen atoms in total. The van der Waals surface area contributed by atoms with Crippen LogP contribution >= 0.6 is 33.0 Å². The van der Waals surface area contributed by atoms with E-state index in [1.165, 1.54) is 0 Å². The van der Waals surface area contributed by atoms with Gasteiger partial charge in [0.15, 0.2) is 0 Å². The van der Waals surface area contributed by atoms with E-state index in [0.29, 0.717) is 0 Å². The van der Waals surface area contributed by atoms with Gasteiger partial charge in [0.1, 0.15) is 33.0 Å². The maximum absolute atomic E-state index is 9.29. The zero-order chi connectivity index (χ0) is 13.7. The van der Waals surface area contributed by atoms with Gasteiger partial charge in [-0.05, 0) is 0 Å². The summed E-state index contributed by atoms with van der Waals surface area (Å²) in [5.74, 6) is 0. The van der Waals surface area contributed by atoms with Gasteiger partial charge < -0.3 is 42.9 Å². The molecule has 0 aromatic rings. The molecule has 4 unspecified atom stereocenters. The third-order valence-electron chi connectivity index (χ3n) is 0.333. The van der Waals surface area contributed by atoms with Crippen molar-refractivity contribution >= 4 is 33.0 Å². The maximum atomic E-state index is 9.29. The summed E-state index contributed by atoms with van der Waals surface area (Å²) >= 11 is 0. The van der Waals surface area contributed by atoms with Crippen molar-refractivity contribution in [3.63, 3.8) is 0 Å². The standard InChI is InChI=1S/CH4O.2H4O5P2.Zr/c1-2;2*1-6(2)5-7(3)4;/h2H,1H3;2*6-7H,(H,1,2)(H,3,4);/q;;;+4/p-4. The van der Waals surface area contributed by atoms with Crippen LogP contribution in [-0.4, -0.2) is 12.2 Å². The Kier molecular flexibility index (Phi) is 31.5. The van der Waals surface area contributed by atoms with Gasteiger partial charge in [0.2, 0.25) is 0 Å². The van der Waals surface area contributed by atoms with E-state index < -0.39 is 33.0 Å². The molecule has 0 saturated carbocycles. The van der Waals surface area contributed by atoms with Gasteiger partial charge in [-0.2, -0.15) is 0 Å². The molecule has 4 atom stereocenters. The van der Waals surface area contributed by atoms with Crippen molar-refractivity contribution in [1.29, 1.82) is 0 Å². The van der Waals surface area contributed by atoms with E-state index >= 15 is 0 Å². The summed E-state index contributed by atoms with van der Waals surface area (Å²) in [6, 6.07) is 0. The van der Waals surface area contributed by atoms with Crippen LogP contribution in [0.5, 0.6) is 0 Å². The molecule has 0 aliphatic heterocycles. The van der Waals surface area contributed by atoms with Gasteiger partial charge in [0, 0.05) is 7.11 Å². The molecule has 0 aliphatic rings. The Hall–Kier alpha value is 1.52. The summed E-state index contributed by atoms with van der Waals surface area (Å²) in [4.78, 5) is 37.1. The van der Waals surface area contributed by atoms with E-state index in [-0.39, 0.29) is 26.2 Å². The molecule has 0 rings (SSSR count). The van der Waals surface area contributed by atoms with Crippen LogP contribution in [-0.2, 0) is 53.1 Å². The molecule has 1 N–H and O–H groups in total. The number of aliphatic hydroxyl groups is 1. The van der Waals surface area contributed by atoms with E-state index in [1.54, 1.807) is 0 Å². The number of hydrogen-bond donors (Lipinski definition) is 1. The van der Waals surface area contributed by atoms with Gasteiger partial charge >= 0.3 is 26.2 Å². The van der Waals surface area contributed by atoms with Gasteiger partial charge in [-0.3, -0.25) is 8.62 Å². The molecule has 17 heavy (non-hydrogen) atoms. The van der Waals surface area contributed by atoms with E-state index in [9.17, 15) is 37.8 Å². The largest absolute Gasteiger partial charge is 4.00 e. The maximum Gasteiger partial charge on any atom is 4.00 e. The Bertz CT molecular complexity index is 202. The van der Waals surface area contributed by atoms with Gasteiger partial charge in [0.25, 0.3) is 0 Å². The Morgan fingerprint density at radius 1 is 0.706 bits per heavy atom. The van der Waals surface area contributed by atoms with Crippen molar-refractivity contribution in [3.8, 4) is 0 Å². The first-order chi connectivity index (χ1) is 7.25. The molecule has 0 aliphatic carbocycles. The van der Waals surface area contributed by atoms with E-state index in [0.717, 1.165) is 7.11 Å². The molecule has 0 bridgehead atoms. The van der Waals surface area contributed by atoms with Crippen molar-refractivity contribution in [2.75, 3.05) is 7.11 Å². The Morgan fingerprint density at radius 2 is 0.824 bits per heavy atom. The molecule has 0 radical (unpaired) electrons. The summed E-state index contributed by atoms with van der Waals surface area (Å²) in [6.45, 7) is 0. The van der Waals surface area contributed by atoms with Crippen LogP contribution in [0.1, 0.15) is 0 Å². The van der Waals surface area contributed by atoms with Crippen LogP contribution in [0.25, 0.3) is 0 Å². The average Bonchev–Trinajstić information content (AvgIpc) is 2.03. The Labute approximate surface area is 118 Å². The zero-order valence-corrected chi connectivity index (χ0v) is 14.5. The summed E-state index contributed by atoms with van der Waals surface area (Å²) in [7, 11) is -13.1. The fraction of sp³-hybridized carbons (Fsp3) is 1.00. The Balaban J connectivity index is -0.0000000823.